The Morgan fingerprint density at radius 2 is 1.68 bits per heavy atom. The average Bonchev–Trinajstić information content (AvgIpc) is 2.36. The van der Waals surface area contributed by atoms with Crippen molar-refractivity contribution in [1.29, 1.82) is 0 Å². The van der Waals surface area contributed by atoms with Gasteiger partial charge in [0.1, 0.15) is 0 Å². The number of carbonyl (C=O) groups is 2. The largest absolute Gasteiger partial charge is 0.356 e. The highest BCUT2D eigenvalue weighted by Crippen LogP contribution is 2.01. The van der Waals surface area contributed by atoms with Gasteiger partial charge in [-0.05, 0) is 25.8 Å². The van der Waals surface area contributed by atoms with E-state index in [9.17, 15) is 9.59 Å². The van der Waals surface area contributed by atoms with E-state index in [1.165, 1.54) is 0 Å². The molecule has 114 valence electrons. The summed E-state index contributed by atoms with van der Waals surface area (Å²) in [6, 6.07) is 0. The van der Waals surface area contributed by atoms with Crippen molar-refractivity contribution in [2.45, 2.75) is 46.0 Å². The lowest BCUT2D eigenvalue weighted by atomic mass is 10.2. The van der Waals surface area contributed by atoms with Crippen molar-refractivity contribution in [2.75, 3.05) is 26.2 Å². The van der Waals surface area contributed by atoms with E-state index in [2.05, 4.69) is 19.2 Å². The Kier molecular flexibility index (Phi) is 14.7. The molecule has 19 heavy (non-hydrogen) atoms. The van der Waals surface area contributed by atoms with Crippen LogP contribution in [0.5, 0.6) is 0 Å². The molecule has 6 heteroatoms. The highest BCUT2D eigenvalue weighted by Gasteiger charge is 2.13. The SMILES string of the molecule is CCCN(CCC)C(=O)CCC(=O)NCCCN.Cl. The maximum Gasteiger partial charge on any atom is 0.223 e. The topological polar surface area (TPSA) is 75.4 Å². The van der Waals surface area contributed by atoms with Crippen LogP contribution in [0, 0.1) is 0 Å². The minimum atomic E-state index is -0.0650. The lowest BCUT2D eigenvalue weighted by Gasteiger charge is -2.21. The van der Waals surface area contributed by atoms with Crippen molar-refractivity contribution in [3.05, 3.63) is 0 Å². The lowest BCUT2D eigenvalue weighted by Crippen LogP contribution is -2.34. The van der Waals surface area contributed by atoms with Crippen molar-refractivity contribution in [2.24, 2.45) is 5.73 Å². The minimum Gasteiger partial charge on any atom is -0.356 e. The standard InChI is InChI=1S/C13H27N3O2.ClH/c1-3-10-16(11-4-2)13(18)7-6-12(17)15-9-5-8-14;/h3-11,14H2,1-2H3,(H,15,17);1H. The van der Waals surface area contributed by atoms with Crippen molar-refractivity contribution < 1.29 is 9.59 Å². The van der Waals surface area contributed by atoms with Crippen LogP contribution < -0.4 is 11.1 Å². The number of hydrogen-bond donors (Lipinski definition) is 2. The molecule has 0 aromatic heterocycles. The van der Waals surface area contributed by atoms with Crippen molar-refractivity contribution in [3.63, 3.8) is 0 Å². The number of nitrogens with one attached hydrogen (secondary N) is 1. The number of nitrogens with zero attached hydrogens (tertiary/aromatic N) is 1. The molecule has 0 aromatic carbocycles. The third-order valence-electron chi connectivity index (χ3n) is 2.61. The van der Waals surface area contributed by atoms with E-state index in [-0.39, 0.29) is 30.6 Å². The number of nitrogens with two attached hydrogens (primary N) is 1. The van der Waals surface area contributed by atoms with E-state index < -0.39 is 0 Å². The first kappa shape index (κ1) is 20.5. The molecule has 0 fully saturated rings. The average molecular weight is 294 g/mol. The monoisotopic (exact) mass is 293 g/mol. The van der Waals surface area contributed by atoms with Gasteiger partial charge in [0.2, 0.25) is 11.8 Å². The van der Waals surface area contributed by atoms with E-state index >= 15 is 0 Å². The minimum absolute atomic E-state index is 0. The molecule has 0 aliphatic heterocycles. The third-order valence-corrected chi connectivity index (χ3v) is 2.61. The van der Waals surface area contributed by atoms with Crippen LogP contribution >= 0.6 is 12.4 Å². The number of rotatable bonds is 10. The highest BCUT2D eigenvalue weighted by molar-refractivity contribution is 5.85. The van der Waals surface area contributed by atoms with E-state index in [4.69, 9.17) is 5.73 Å². The van der Waals surface area contributed by atoms with E-state index in [0.717, 1.165) is 32.4 Å². The molecule has 0 radical (unpaired) electrons. The zero-order chi connectivity index (χ0) is 13.8. The van der Waals surface area contributed by atoms with Crippen LogP contribution in [0.4, 0.5) is 0 Å². The van der Waals surface area contributed by atoms with Gasteiger partial charge in [-0.1, -0.05) is 13.8 Å². The summed E-state index contributed by atoms with van der Waals surface area (Å²) in [4.78, 5) is 25.2. The molecule has 3 N–H and O–H groups in total. The first-order valence-electron chi connectivity index (χ1n) is 6.90. The van der Waals surface area contributed by atoms with Crippen LogP contribution in [-0.2, 0) is 9.59 Å². The summed E-state index contributed by atoms with van der Waals surface area (Å²) in [5.41, 5.74) is 5.33. The molecule has 0 saturated carbocycles. The Morgan fingerprint density at radius 1 is 1.11 bits per heavy atom. The first-order chi connectivity index (χ1) is 8.65. The van der Waals surface area contributed by atoms with Gasteiger partial charge in [0.05, 0.1) is 0 Å². The summed E-state index contributed by atoms with van der Waals surface area (Å²) in [5, 5.41) is 2.75. The molecule has 0 bridgehead atoms. The van der Waals surface area contributed by atoms with Gasteiger partial charge in [-0.25, -0.2) is 0 Å². The third kappa shape index (κ3) is 10.8. The maximum atomic E-state index is 11.9. The summed E-state index contributed by atoms with van der Waals surface area (Å²) < 4.78 is 0. The molecule has 0 rings (SSSR count). The summed E-state index contributed by atoms with van der Waals surface area (Å²) in [7, 11) is 0. The molecular weight excluding hydrogens is 266 g/mol. The summed E-state index contributed by atoms with van der Waals surface area (Å²) >= 11 is 0. The number of amides is 2. The Hall–Kier alpha value is -0.810. The Morgan fingerprint density at radius 3 is 2.16 bits per heavy atom. The second-order valence-corrected chi connectivity index (χ2v) is 4.37. The zero-order valence-electron chi connectivity index (χ0n) is 12.1. The number of carbonyl (C=O) groups excluding carboxylic acids is 2. The van der Waals surface area contributed by atoms with Gasteiger partial charge in [0.15, 0.2) is 0 Å². The van der Waals surface area contributed by atoms with Crippen molar-refractivity contribution in [1.82, 2.24) is 10.2 Å². The molecule has 0 aliphatic carbocycles. The molecule has 0 atom stereocenters. The molecule has 5 nitrogen and oxygen atoms in total. The highest BCUT2D eigenvalue weighted by atomic mass is 35.5. The van der Waals surface area contributed by atoms with E-state index in [1.54, 1.807) is 0 Å². The van der Waals surface area contributed by atoms with Crippen molar-refractivity contribution >= 4 is 24.2 Å². The van der Waals surface area contributed by atoms with Gasteiger partial charge in [0.25, 0.3) is 0 Å². The van der Waals surface area contributed by atoms with Gasteiger partial charge in [0, 0.05) is 32.5 Å². The smallest absolute Gasteiger partial charge is 0.223 e. The molecular formula is C13H28ClN3O2. The number of hydrogen-bond acceptors (Lipinski definition) is 3. The first-order valence-corrected chi connectivity index (χ1v) is 6.90. The van der Waals surface area contributed by atoms with Crippen LogP contribution in [0.15, 0.2) is 0 Å². The van der Waals surface area contributed by atoms with Crippen LogP contribution in [0.2, 0.25) is 0 Å². The van der Waals surface area contributed by atoms with Crippen LogP contribution in [0.3, 0.4) is 0 Å². The summed E-state index contributed by atoms with van der Waals surface area (Å²) in [6.45, 7) is 6.82. The fourth-order valence-electron chi connectivity index (χ4n) is 1.70. The molecule has 0 aliphatic rings. The van der Waals surface area contributed by atoms with Gasteiger partial charge in [-0.15, -0.1) is 12.4 Å². The predicted octanol–water partition coefficient (Wildman–Crippen LogP) is 1.30. The second kappa shape index (κ2) is 13.6. The second-order valence-electron chi connectivity index (χ2n) is 4.37. The fourth-order valence-corrected chi connectivity index (χ4v) is 1.70. The Balaban J connectivity index is 0. The van der Waals surface area contributed by atoms with Crippen molar-refractivity contribution in [3.8, 4) is 0 Å². The summed E-state index contributed by atoms with van der Waals surface area (Å²) in [6.07, 6.45) is 3.25. The zero-order valence-corrected chi connectivity index (χ0v) is 12.9. The normalized spacial score (nSPS) is 9.63. The van der Waals surface area contributed by atoms with Gasteiger partial charge < -0.3 is 16.0 Å². The number of halogens is 1. The van der Waals surface area contributed by atoms with Crippen LogP contribution in [0.25, 0.3) is 0 Å². The van der Waals surface area contributed by atoms with Gasteiger partial charge in [-0.2, -0.15) is 0 Å². The van der Waals surface area contributed by atoms with Gasteiger partial charge in [-0.3, -0.25) is 9.59 Å². The van der Waals surface area contributed by atoms with E-state index in [1.807, 2.05) is 4.90 Å². The molecule has 2 amide bonds. The quantitative estimate of drug-likeness (QED) is 0.596. The van der Waals surface area contributed by atoms with E-state index in [0.29, 0.717) is 19.5 Å². The van der Waals surface area contributed by atoms with Crippen LogP contribution in [-0.4, -0.2) is 42.9 Å². The Labute approximate surface area is 122 Å². The molecule has 0 heterocycles. The fraction of sp³-hybridized carbons (Fsp3) is 0.846. The molecule has 0 spiro atoms. The van der Waals surface area contributed by atoms with Gasteiger partial charge >= 0.3 is 0 Å². The van der Waals surface area contributed by atoms with Crippen LogP contribution in [0.1, 0.15) is 46.0 Å². The Bertz CT molecular complexity index is 244. The maximum absolute atomic E-state index is 11.9. The summed E-state index contributed by atoms with van der Waals surface area (Å²) in [5.74, 6) is 0.0115. The molecule has 0 aromatic rings. The molecule has 0 saturated heterocycles. The predicted molar refractivity (Wildman–Crippen MR) is 80.3 cm³/mol. The molecule has 0 unspecified atom stereocenters. The lowest BCUT2D eigenvalue weighted by molar-refractivity contribution is -0.133.